The molecular weight excluding hydrogens is 454 g/mol. The van der Waals surface area contributed by atoms with Crippen LogP contribution < -0.4 is 16.8 Å². The summed E-state index contributed by atoms with van der Waals surface area (Å²) in [4.78, 5) is 55.3. The zero-order valence-electron chi connectivity index (χ0n) is 20.1. The molecule has 192 valence electrons. The number of carbonyl (C=O) groups excluding carboxylic acids is 4. The molecule has 0 aromatic heterocycles. The summed E-state index contributed by atoms with van der Waals surface area (Å²) in [6, 6.07) is 5.41. The molecule has 35 heavy (non-hydrogen) atoms. The van der Waals surface area contributed by atoms with Gasteiger partial charge >= 0.3 is 0 Å². The first-order chi connectivity index (χ1) is 16.5. The van der Waals surface area contributed by atoms with Crippen LogP contribution in [0.2, 0.25) is 0 Å². The Labute approximate surface area is 204 Å². The number of benzene rings is 1. The van der Waals surface area contributed by atoms with Crippen LogP contribution in [-0.4, -0.2) is 87.1 Å². The van der Waals surface area contributed by atoms with Gasteiger partial charge in [0.1, 0.15) is 23.7 Å². The van der Waals surface area contributed by atoms with Gasteiger partial charge < -0.3 is 36.8 Å². The van der Waals surface area contributed by atoms with Gasteiger partial charge in [-0.15, -0.1) is 0 Å². The van der Waals surface area contributed by atoms with E-state index in [1.165, 1.54) is 23.6 Å². The average molecular weight is 490 g/mol. The van der Waals surface area contributed by atoms with Crippen molar-refractivity contribution in [1.82, 2.24) is 15.1 Å². The number of carbonyl (C=O) groups is 4. The highest BCUT2D eigenvalue weighted by molar-refractivity contribution is 5.98. The topological polar surface area (TPSA) is 179 Å². The minimum atomic E-state index is -1.45. The number of nitrogens with zero attached hydrogens (tertiary/aromatic N) is 2. The maximum atomic E-state index is 13.9. The number of nitrogens with two attached hydrogens (primary N) is 2. The van der Waals surface area contributed by atoms with Crippen molar-refractivity contribution in [1.29, 1.82) is 0 Å². The van der Waals surface area contributed by atoms with Crippen molar-refractivity contribution < 1.29 is 29.4 Å². The molecule has 11 nitrogen and oxygen atoms in total. The van der Waals surface area contributed by atoms with Crippen molar-refractivity contribution in [3.63, 3.8) is 0 Å². The fourth-order valence-corrected chi connectivity index (χ4v) is 5.05. The van der Waals surface area contributed by atoms with Gasteiger partial charge in [0.05, 0.1) is 12.2 Å². The molecule has 0 bridgehead atoms. The van der Waals surface area contributed by atoms with Crippen molar-refractivity contribution in [2.45, 2.75) is 75.4 Å². The Balaban J connectivity index is 1.99. The quantitative estimate of drug-likeness (QED) is 0.296. The van der Waals surface area contributed by atoms with Gasteiger partial charge in [-0.25, -0.2) is 0 Å². The molecule has 0 radical (unpaired) electrons. The summed E-state index contributed by atoms with van der Waals surface area (Å²) in [5.74, 6) is -2.45. The standard InChI is InChI=1S/C24H35N5O6/c1-14(30)18(25)22(34)28-12-6-10-17(28)21(33)29-13-7-11-24(29,16-8-4-3-5-9-16)23(35)27-19(15(2)31)20(26)32/h3-5,8-9,14-15,17-19,30-31H,6-7,10-13,25H2,1-2H3,(H2,26,32)(H,27,35)/t14-,15-,17+,18+,19+,24-/m1/s1. The van der Waals surface area contributed by atoms with Crippen LogP contribution >= 0.6 is 0 Å². The number of aliphatic hydroxyl groups is 2. The summed E-state index contributed by atoms with van der Waals surface area (Å²) in [5.41, 5.74) is 10.4. The summed E-state index contributed by atoms with van der Waals surface area (Å²) in [6.07, 6.45) is -0.534. The molecule has 0 saturated carbocycles. The van der Waals surface area contributed by atoms with E-state index in [9.17, 15) is 29.4 Å². The normalized spacial score (nSPS) is 25.6. The number of hydrogen-bond donors (Lipinski definition) is 5. The maximum absolute atomic E-state index is 13.9. The number of hydrogen-bond acceptors (Lipinski definition) is 7. The summed E-state index contributed by atoms with van der Waals surface area (Å²) < 4.78 is 0. The molecule has 6 atom stereocenters. The van der Waals surface area contributed by atoms with Crippen LogP contribution in [0.25, 0.3) is 0 Å². The fraction of sp³-hybridized carbons (Fsp3) is 0.583. The summed E-state index contributed by atoms with van der Waals surface area (Å²) in [5, 5.41) is 22.3. The molecular formula is C24H35N5O6. The van der Waals surface area contributed by atoms with Crippen molar-refractivity contribution in [2.75, 3.05) is 13.1 Å². The van der Waals surface area contributed by atoms with Gasteiger partial charge in [-0.2, -0.15) is 0 Å². The zero-order chi connectivity index (χ0) is 25.9. The molecule has 7 N–H and O–H groups in total. The smallest absolute Gasteiger partial charge is 0.251 e. The van der Waals surface area contributed by atoms with Crippen LogP contribution in [0, 0.1) is 0 Å². The molecule has 1 aromatic carbocycles. The minimum absolute atomic E-state index is 0.262. The Hall–Kier alpha value is -3.02. The molecule has 4 amide bonds. The molecule has 2 heterocycles. The molecule has 2 aliphatic heterocycles. The average Bonchev–Trinajstić information content (AvgIpc) is 3.49. The summed E-state index contributed by atoms with van der Waals surface area (Å²) >= 11 is 0. The van der Waals surface area contributed by atoms with E-state index in [0.29, 0.717) is 31.4 Å². The molecule has 0 spiro atoms. The number of nitrogens with one attached hydrogen (secondary N) is 1. The fourth-order valence-electron chi connectivity index (χ4n) is 5.05. The lowest BCUT2D eigenvalue weighted by Crippen LogP contribution is -2.63. The van der Waals surface area contributed by atoms with Crippen LogP contribution in [0.4, 0.5) is 0 Å². The Bertz CT molecular complexity index is 955. The van der Waals surface area contributed by atoms with Crippen LogP contribution in [0.15, 0.2) is 30.3 Å². The molecule has 2 fully saturated rings. The van der Waals surface area contributed by atoms with Gasteiger partial charge in [-0.3, -0.25) is 19.2 Å². The van der Waals surface area contributed by atoms with Gasteiger partial charge in [0.2, 0.25) is 17.7 Å². The molecule has 0 unspecified atom stereocenters. The van der Waals surface area contributed by atoms with E-state index >= 15 is 0 Å². The van der Waals surface area contributed by atoms with E-state index in [0.717, 1.165) is 0 Å². The lowest BCUT2D eigenvalue weighted by Gasteiger charge is -2.41. The Morgan fingerprint density at radius 2 is 1.71 bits per heavy atom. The van der Waals surface area contributed by atoms with Crippen LogP contribution in [0.5, 0.6) is 0 Å². The zero-order valence-corrected chi connectivity index (χ0v) is 20.1. The van der Waals surface area contributed by atoms with E-state index in [1.807, 2.05) is 0 Å². The van der Waals surface area contributed by atoms with E-state index in [2.05, 4.69) is 5.32 Å². The second-order valence-electron chi connectivity index (χ2n) is 9.37. The third-order valence-electron chi connectivity index (χ3n) is 6.98. The van der Waals surface area contributed by atoms with Gasteiger partial charge in [0.15, 0.2) is 0 Å². The number of likely N-dealkylation sites (tertiary alicyclic amines) is 2. The third-order valence-corrected chi connectivity index (χ3v) is 6.98. The first kappa shape index (κ1) is 26.6. The highest BCUT2D eigenvalue weighted by Gasteiger charge is 2.54. The van der Waals surface area contributed by atoms with E-state index in [-0.39, 0.29) is 13.0 Å². The Morgan fingerprint density at radius 3 is 2.29 bits per heavy atom. The maximum Gasteiger partial charge on any atom is 0.251 e. The molecule has 0 aliphatic carbocycles. The highest BCUT2D eigenvalue weighted by atomic mass is 16.3. The number of primary amides is 1. The molecule has 2 saturated heterocycles. The van der Waals surface area contributed by atoms with Crippen molar-refractivity contribution in [2.24, 2.45) is 11.5 Å². The summed E-state index contributed by atoms with van der Waals surface area (Å²) in [7, 11) is 0. The van der Waals surface area contributed by atoms with Gasteiger partial charge in [0.25, 0.3) is 5.91 Å². The second kappa shape index (κ2) is 10.7. The monoisotopic (exact) mass is 489 g/mol. The molecule has 1 aromatic rings. The third kappa shape index (κ3) is 5.02. The van der Waals surface area contributed by atoms with Crippen LogP contribution in [0.1, 0.15) is 45.1 Å². The lowest BCUT2D eigenvalue weighted by molar-refractivity contribution is -0.153. The van der Waals surface area contributed by atoms with E-state index in [4.69, 9.17) is 11.5 Å². The number of rotatable bonds is 8. The van der Waals surface area contributed by atoms with Crippen LogP contribution in [0.3, 0.4) is 0 Å². The van der Waals surface area contributed by atoms with E-state index < -0.39 is 59.5 Å². The predicted octanol–water partition coefficient (Wildman–Crippen LogP) is -1.45. The Morgan fingerprint density at radius 1 is 1.06 bits per heavy atom. The molecule has 11 heteroatoms. The van der Waals surface area contributed by atoms with Crippen molar-refractivity contribution in [3.05, 3.63) is 35.9 Å². The predicted molar refractivity (Wildman–Crippen MR) is 126 cm³/mol. The second-order valence-corrected chi connectivity index (χ2v) is 9.37. The van der Waals surface area contributed by atoms with Gasteiger partial charge in [-0.05, 0) is 45.1 Å². The van der Waals surface area contributed by atoms with E-state index in [1.54, 1.807) is 30.3 Å². The van der Waals surface area contributed by atoms with Gasteiger partial charge in [0, 0.05) is 13.1 Å². The highest BCUT2D eigenvalue weighted by Crippen LogP contribution is 2.41. The van der Waals surface area contributed by atoms with Crippen molar-refractivity contribution >= 4 is 23.6 Å². The number of amides is 4. The first-order valence-corrected chi connectivity index (χ1v) is 11.9. The minimum Gasteiger partial charge on any atom is -0.391 e. The van der Waals surface area contributed by atoms with Crippen molar-refractivity contribution in [3.8, 4) is 0 Å². The SMILES string of the molecule is C[C@@H](O)[C@H](N)C(=O)N1CCC[C@H]1C(=O)N1CCC[C@]1(C(=O)N[C@H](C(N)=O)[C@@H](C)O)c1ccccc1. The Kier molecular flexibility index (Phi) is 8.14. The number of aliphatic hydroxyl groups excluding tert-OH is 2. The first-order valence-electron chi connectivity index (χ1n) is 11.9. The summed E-state index contributed by atoms with van der Waals surface area (Å²) in [6.45, 7) is 3.34. The molecule has 3 rings (SSSR count). The van der Waals surface area contributed by atoms with Crippen LogP contribution in [-0.2, 0) is 24.7 Å². The largest absolute Gasteiger partial charge is 0.391 e. The lowest BCUT2D eigenvalue weighted by atomic mass is 9.85. The van der Waals surface area contributed by atoms with Gasteiger partial charge in [-0.1, -0.05) is 30.3 Å². The molecule has 2 aliphatic rings.